The van der Waals surface area contributed by atoms with Crippen molar-refractivity contribution in [3.05, 3.63) is 23.8 Å². The van der Waals surface area contributed by atoms with Gasteiger partial charge in [0.2, 0.25) is 11.6 Å². The Kier molecular flexibility index (Phi) is 9.50. The Morgan fingerprint density at radius 1 is 0.735 bits per heavy atom. The van der Waals surface area contributed by atoms with Crippen molar-refractivity contribution in [1.29, 1.82) is 0 Å². The zero-order valence-electron chi connectivity index (χ0n) is 21.2. The summed E-state index contributed by atoms with van der Waals surface area (Å²) in [5.41, 5.74) is 0. The van der Waals surface area contributed by atoms with Crippen LogP contribution in [0.3, 0.4) is 0 Å². The molecule has 1 aromatic rings. The van der Waals surface area contributed by atoms with Gasteiger partial charge in [-0.2, -0.15) is 8.78 Å². The minimum absolute atomic E-state index is 0.0508. The Morgan fingerprint density at radius 3 is 1.85 bits per heavy atom. The fourth-order valence-electron chi connectivity index (χ4n) is 6.77. The first-order chi connectivity index (χ1) is 16.6. The highest BCUT2D eigenvalue weighted by molar-refractivity contribution is 5.35. The zero-order chi connectivity index (χ0) is 23.9. The summed E-state index contributed by atoms with van der Waals surface area (Å²) in [5.74, 6) is 1.73. The quantitative estimate of drug-likeness (QED) is 0.360. The summed E-state index contributed by atoms with van der Waals surface area (Å²) in [7, 11) is 0. The maximum atomic E-state index is 14.3. The molecule has 2 saturated carbocycles. The molecule has 3 aliphatic rings. The molecule has 3 nitrogen and oxygen atoms in total. The third kappa shape index (κ3) is 6.44. The fourth-order valence-corrected chi connectivity index (χ4v) is 6.77. The summed E-state index contributed by atoms with van der Waals surface area (Å²) >= 11 is 0. The molecule has 5 heteroatoms. The van der Waals surface area contributed by atoms with Crippen LogP contribution >= 0.6 is 0 Å². The van der Waals surface area contributed by atoms with Crippen LogP contribution in [0.1, 0.15) is 90.9 Å². The first-order valence-electron chi connectivity index (χ1n) is 13.9. The number of hydrogen-bond acceptors (Lipinski definition) is 3. The normalized spacial score (nSPS) is 32.4. The van der Waals surface area contributed by atoms with Crippen molar-refractivity contribution < 1.29 is 23.0 Å². The maximum Gasteiger partial charge on any atom is 0.204 e. The minimum atomic E-state index is -0.982. The molecule has 2 aliphatic carbocycles. The summed E-state index contributed by atoms with van der Waals surface area (Å²) in [4.78, 5) is 0. The first-order valence-corrected chi connectivity index (χ1v) is 13.9. The van der Waals surface area contributed by atoms with E-state index in [0.717, 1.165) is 30.6 Å². The summed E-state index contributed by atoms with van der Waals surface area (Å²) in [6.07, 6.45) is 16.4. The molecule has 1 saturated heterocycles. The van der Waals surface area contributed by atoms with Gasteiger partial charge in [0, 0.05) is 5.92 Å². The summed E-state index contributed by atoms with van der Waals surface area (Å²) < 4.78 is 45.3. The largest absolute Gasteiger partial charge is 0.491 e. The lowest BCUT2D eigenvalue weighted by molar-refractivity contribution is -0.0676. The van der Waals surface area contributed by atoms with Gasteiger partial charge in [0.05, 0.1) is 25.9 Å². The van der Waals surface area contributed by atoms with Crippen molar-refractivity contribution in [3.8, 4) is 11.5 Å². The average molecular weight is 479 g/mol. The standard InChI is InChI=1S/C29H44F2O3/c1-3-5-20-6-9-22(10-7-20)23-11-13-24(14-12-23)25-15-8-21(18-33-25)19-34-27-17-16-26(32-4-2)28(30)29(27)31/h16-17,20-25H,3-15,18-19H2,1-2H3. The van der Waals surface area contributed by atoms with Gasteiger partial charge in [0.25, 0.3) is 0 Å². The van der Waals surface area contributed by atoms with Gasteiger partial charge in [0.1, 0.15) is 0 Å². The van der Waals surface area contributed by atoms with Gasteiger partial charge in [0.15, 0.2) is 11.5 Å². The van der Waals surface area contributed by atoms with Crippen LogP contribution < -0.4 is 9.47 Å². The van der Waals surface area contributed by atoms with Crippen LogP contribution in [0.15, 0.2) is 12.1 Å². The van der Waals surface area contributed by atoms with E-state index in [1.807, 2.05) is 0 Å². The molecule has 0 bridgehead atoms. The van der Waals surface area contributed by atoms with Gasteiger partial charge in [-0.25, -0.2) is 0 Å². The van der Waals surface area contributed by atoms with E-state index in [9.17, 15) is 8.78 Å². The molecule has 2 atom stereocenters. The van der Waals surface area contributed by atoms with Crippen molar-refractivity contribution in [3.63, 3.8) is 0 Å². The van der Waals surface area contributed by atoms with Crippen LogP contribution in [0.25, 0.3) is 0 Å². The lowest BCUT2D eigenvalue weighted by atomic mass is 9.67. The van der Waals surface area contributed by atoms with Crippen LogP contribution in [0, 0.1) is 41.2 Å². The number of ether oxygens (including phenoxy) is 3. The van der Waals surface area contributed by atoms with E-state index in [4.69, 9.17) is 14.2 Å². The Morgan fingerprint density at radius 2 is 1.29 bits per heavy atom. The highest BCUT2D eigenvalue weighted by Gasteiger charge is 2.35. The monoisotopic (exact) mass is 478 g/mol. The number of halogens is 2. The third-order valence-electron chi connectivity index (χ3n) is 8.79. The Labute approximate surface area is 204 Å². The molecule has 192 valence electrons. The van der Waals surface area contributed by atoms with Crippen molar-refractivity contribution in [2.24, 2.45) is 29.6 Å². The van der Waals surface area contributed by atoms with Gasteiger partial charge in [-0.1, -0.05) is 32.6 Å². The fraction of sp³-hybridized carbons (Fsp3) is 0.793. The van der Waals surface area contributed by atoms with Gasteiger partial charge < -0.3 is 14.2 Å². The van der Waals surface area contributed by atoms with E-state index in [-0.39, 0.29) is 17.4 Å². The second kappa shape index (κ2) is 12.6. The Bertz CT molecular complexity index is 746. The first kappa shape index (κ1) is 25.7. The van der Waals surface area contributed by atoms with Crippen molar-refractivity contribution in [2.75, 3.05) is 19.8 Å². The smallest absolute Gasteiger partial charge is 0.204 e. The average Bonchev–Trinajstić information content (AvgIpc) is 2.88. The molecule has 0 N–H and O–H groups in total. The molecular formula is C29H44F2O3. The second-order valence-electron chi connectivity index (χ2n) is 11.0. The molecule has 34 heavy (non-hydrogen) atoms. The van der Waals surface area contributed by atoms with E-state index < -0.39 is 11.6 Å². The number of benzene rings is 1. The lowest BCUT2D eigenvalue weighted by Gasteiger charge is -2.41. The highest BCUT2D eigenvalue weighted by Crippen LogP contribution is 2.44. The SMILES string of the molecule is CCCC1CCC(C2CCC(C3CCC(COc4ccc(OCC)c(F)c4F)CO3)CC2)CC1. The highest BCUT2D eigenvalue weighted by atomic mass is 19.2. The maximum absolute atomic E-state index is 14.3. The van der Waals surface area contributed by atoms with Crippen molar-refractivity contribution in [2.45, 2.75) is 97.0 Å². The summed E-state index contributed by atoms with van der Waals surface area (Å²) in [6.45, 7) is 5.35. The molecule has 4 rings (SSSR count). The number of rotatable bonds is 9. The van der Waals surface area contributed by atoms with Crippen LogP contribution in [0.4, 0.5) is 8.78 Å². The molecule has 0 aromatic heterocycles. The lowest BCUT2D eigenvalue weighted by Crippen LogP contribution is -2.36. The zero-order valence-corrected chi connectivity index (χ0v) is 21.2. The summed E-state index contributed by atoms with van der Waals surface area (Å²) in [5, 5.41) is 0. The van der Waals surface area contributed by atoms with Crippen LogP contribution in [0.2, 0.25) is 0 Å². The molecule has 0 amide bonds. The number of hydrogen-bond donors (Lipinski definition) is 0. The molecule has 2 unspecified atom stereocenters. The predicted octanol–water partition coefficient (Wildman–Crippen LogP) is 7.95. The second-order valence-corrected chi connectivity index (χ2v) is 11.0. The molecule has 1 aliphatic heterocycles. The van der Waals surface area contributed by atoms with Crippen molar-refractivity contribution >= 4 is 0 Å². The van der Waals surface area contributed by atoms with Crippen molar-refractivity contribution in [1.82, 2.24) is 0 Å². The summed E-state index contributed by atoms with van der Waals surface area (Å²) in [6, 6.07) is 2.88. The van der Waals surface area contributed by atoms with Gasteiger partial charge in [-0.15, -0.1) is 0 Å². The Balaban J connectivity index is 1.16. The molecule has 0 radical (unpaired) electrons. The predicted molar refractivity (Wildman–Crippen MR) is 131 cm³/mol. The van der Waals surface area contributed by atoms with Crippen LogP contribution in [0.5, 0.6) is 11.5 Å². The van der Waals surface area contributed by atoms with Gasteiger partial charge in [-0.05, 0) is 94.1 Å². The van der Waals surface area contributed by atoms with E-state index in [0.29, 0.717) is 31.8 Å². The molecule has 3 fully saturated rings. The topological polar surface area (TPSA) is 27.7 Å². The third-order valence-corrected chi connectivity index (χ3v) is 8.79. The van der Waals surface area contributed by atoms with E-state index in [1.54, 1.807) is 6.92 Å². The van der Waals surface area contributed by atoms with Gasteiger partial charge >= 0.3 is 0 Å². The van der Waals surface area contributed by atoms with Gasteiger partial charge in [-0.3, -0.25) is 0 Å². The van der Waals surface area contributed by atoms with E-state index in [1.165, 1.54) is 76.3 Å². The molecule has 1 heterocycles. The Hall–Kier alpha value is -1.36. The molecule has 0 spiro atoms. The minimum Gasteiger partial charge on any atom is -0.491 e. The van der Waals surface area contributed by atoms with E-state index in [2.05, 4.69) is 6.92 Å². The van der Waals surface area contributed by atoms with Crippen LogP contribution in [-0.4, -0.2) is 25.9 Å². The molecular weight excluding hydrogens is 434 g/mol. The van der Waals surface area contributed by atoms with E-state index >= 15 is 0 Å². The molecule has 1 aromatic carbocycles. The van der Waals surface area contributed by atoms with Crippen LogP contribution in [-0.2, 0) is 4.74 Å².